The molecule has 0 spiro atoms. The number of thiophene rings is 1. The van der Waals surface area contributed by atoms with Crippen molar-refractivity contribution in [3.05, 3.63) is 21.4 Å². The Morgan fingerprint density at radius 3 is 2.56 bits per heavy atom. The topological polar surface area (TPSA) is 184 Å². The Balaban J connectivity index is 2.00. The van der Waals surface area contributed by atoms with Gasteiger partial charge in [0.15, 0.2) is 5.84 Å². The number of carboxylic acids is 1. The summed E-state index contributed by atoms with van der Waals surface area (Å²) in [6.07, 6.45) is 4.55. The molecule has 36 heavy (non-hydrogen) atoms. The lowest BCUT2D eigenvalue weighted by Crippen LogP contribution is -2.53. The van der Waals surface area contributed by atoms with E-state index in [4.69, 9.17) is 21.0 Å². The zero-order valence-electron chi connectivity index (χ0n) is 19.9. The summed E-state index contributed by atoms with van der Waals surface area (Å²) in [4.78, 5) is 68.6. The van der Waals surface area contributed by atoms with Crippen LogP contribution in [-0.2, 0) is 30.5 Å². The number of carbonyl (C=O) groups excluding carboxylic acids is 4. The predicted octanol–water partition coefficient (Wildman–Crippen LogP) is 1.15. The maximum Gasteiger partial charge on any atom is 0.347 e. The van der Waals surface area contributed by atoms with Crippen molar-refractivity contribution in [1.82, 2.24) is 9.80 Å². The van der Waals surface area contributed by atoms with Crippen molar-refractivity contribution in [1.29, 1.82) is 5.41 Å². The van der Waals surface area contributed by atoms with E-state index >= 15 is 0 Å². The summed E-state index contributed by atoms with van der Waals surface area (Å²) in [5.41, 5.74) is 5.77. The molecule has 1 saturated heterocycles. The van der Waals surface area contributed by atoms with Crippen LogP contribution in [0.2, 0.25) is 0 Å². The fourth-order valence-electron chi connectivity index (χ4n) is 4.59. The number of nitrogens with one attached hydrogen (secondary N) is 1. The lowest BCUT2D eigenvalue weighted by Gasteiger charge is -2.33. The monoisotopic (exact) mass is 519 g/mol. The predicted molar refractivity (Wildman–Crippen MR) is 130 cm³/mol. The summed E-state index contributed by atoms with van der Waals surface area (Å²) in [5, 5.41) is 18.4. The summed E-state index contributed by atoms with van der Waals surface area (Å²) < 4.78 is 5.10. The van der Waals surface area contributed by atoms with E-state index in [1.165, 1.54) is 22.1 Å². The minimum Gasteiger partial charge on any atom is -0.477 e. The van der Waals surface area contributed by atoms with Crippen LogP contribution in [0.1, 0.15) is 66.2 Å². The summed E-state index contributed by atoms with van der Waals surface area (Å²) in [5.74, 6) is -3.83. The number of aliphatic imine (C=N–C) groups is 1. The van der Waals surface area contributed by atoms with Crippen molar-refractivity contribution in [2.75, 3.05) is 13.1 Å². The van der Waals surface area contributed by atoms with Gasteiger partial charge in [-0.2, -0.15) is 0 Å². The Bertz CT molecular complexity index is 1090. The first-order valence-electron chi connectivity index (χ1n) is 11.6. The molecule has 4 N–H and O–H groups in total. The fourth-order valence-corrected chi connectivity index (χ4v) is 5.55. The lowest BCUT2D eigenvalue weighted by molar-refractivity contribution is -0.143. The van der Waals surface area contributed by atoms with Gasteiger partial charge in [0.05, 0.1) is 17.0 Å². The van der Waals surface area contributed by atoms with Gasteiger partial charge in [-0.05, 0) is 25.7 Å². The van der Waals surface area contributed by atoms with E-state index in [-0.39, 0.29) is 41.1 Å². The maximum atomic E-state index is 13.9. The van der Waals surface area contributed by atoms with E-state index in [2.05, 4.69) is 4.99 Å². The highest BCUT2D eigenvalue weighted by Crippen LogP contribution is 2.32. The number of hydrogen-bond donors (Lipinski definition) is 3. The average molecular weight is 520 g/mol. The zero-order chi connectivity index (χ0) is 26.4. The number of rotatable bonds is 8. The SMILES string of the molecule is CC(=O)OCc1c(C(=O)N(C(=O)[C@@H]2CCCN2C(=O)CN)C2CCCC2)csc1C(=N)N=CC(=O)O. The van der Waals surface area contributed by atoms with Crippen LogP contribution in [-0.4, -0.2) is 81.8 Å². The second-order valence-electron chi connectivity index (χ2n) is 8.58. The first-order chi connectivity index (χ1) is 17.1. The van der Waals surface area contributed by atoms with Crippen molar-refractivity contribution in [2.45, 2.75) is 64.1 Å². The van der Waals surface area contributed by atoms with E-state index in [0.717, 1.165) is 24.2 Å². The molecule has 2 heterocycles. The van der Waals surface area contributed by atoms with Gasteiger partial charge in [0.1, 0.15) is 18.9 Å². The molecule has 1 aromatic rings. The number of imide groups is 1. The quantitative estimate of drug-likeness (QED) is 0.198. The molecular weight excluding hydrogens is 490 g/mol. The Morgan fingerprint density at radius 2 is 1.94 bits per heavy atom. The van der Waals surface area contributed by atoms with Gasteiger partial charge in [-0.25, -0.2) is 9.79 Å². The van der Waals surface area contributed by atoms with E-state index in [1.54, 1.807) is 0 Å². The number of esters is 1. The molecule has 0 aromatic carbocycles. The number of carboxylic acid groups (broad SMARTS) is 1. The number of carbonyl (C=O) groups is 5. The number of hydrogen-bond acceptors (Lipinski definition) is 9. The van der Waals surface area contributed by atoms with Gasteiger partial charge in [0.25, 0.3) is 11.8 Å². The number of ether oxygens (including phenoxy) is 1. The standard InChI is InChI=1S/C23H29N5O7S/c1-13(29)35-11-15-16(12-36-20(15)21(25)26-10-19(31)32)22(33)28(14-5-2-3-6-14)23(34)17-7-4-8-27(17)18(30)9-24/h10,12,14,17,25H,2-9,11,24H2,1H3,(H,31,32)/t17-/m0/s1. The van der Waals surface area contributed by atoms with Crippen molar-refractivity contribution in [2.24, 2.45) is 10.7 Å². The molecule has 3 rings (SSSR count). The molecule has 0 bridgehead atoms. The number of nitrogens with zero attached hydrogens (tertiary/aromatic N) is 3. The third-order valence-corrected chi connectivity index (χ3v) is 7.27. The highest BCUT2D eigenvalue weighted by molar-refractivity contribution is 7.12. The fraction of sp³-hybridized carbons (Fsp3) is 0.522. The number of aliphatic carboxylic acids is 1. The van der Waals surface area contributed by atoms with Crippen LogP contribution in [0.25, 0.3) is 0 Å². The van der Waals surface area contributed by atoms with Gasteiger partial charge < -0.3 is 20.5 Å². The normalized spacial score (nSPS) is 17.9. The second-order valence-corrected chi connectivity index (χ2v) is 9.46. The van der Waals surface area contributed by atoms with Gasteiger partial charge >= 0.3 is 11.9 Å². The van der Waals surface area contributed by atoms with Crippen LogP contribution in [0.5, 0.6) is 0 Å². The molecule has 1 saturated carbocycles. The van der Waals surface area contributed by atoms with Crippen LogP contribution in [0.3, 0.4) is 0 Å². The Labute approximate surface area is 211 Å². The average Bonchev–Trinajstić information content (AvgIpc) is 3.61. The van der Waals surface area contributed by atoms with Crippen LogP contribution < -0.4 is 5.73 Å². The van der Waals surface area contributed by atoms with Gasteiger partial charge in [0, 0.05) is 30.5 Å². The summed E-state index contributed by atoms with van der Waals surface area (Å²) in [6.45, 7) is 0.992. The molecule has 3 amide bonds. The second kappa shape index (κ2) is 12.0. The number of amidine groups is 1. The lowest BCUT2D eigenvalue weighted by atomic mass is 10.1. The van der Waals surface area contributed by atoms with Crippen molar-refractivity contribution in [3.63, 3.8) is 0 Å². The van der Waals surface area contributed by atoms with Crippen molar-refractivity contribution < 1.29 is 33.8 Å². The molecule has 0 radical (unpaired) electrons. The maximum absolute atomic E-state index is 13.9. The number of nitrogens with two attached hydrogens (primary N) is 1. The summed E-state index contributed by atoms with van der Waals surface area (Å²) in [6, 6.07) is -1.14. The van der Waals surface area contributed by atoms with E-state index in [1.807, 2.05) is 0 Å². The molecule has 194 valence electrons. The summed E-state index contributed by atoms with van der Waals surface area (Å²) >= 11 is 0.967. The van der Waals surface area contributed by atoms with Crippen LogP contribution in [0, 0.1) is 5.41 Å². The molecule has 2 fully saturated rings. The highest BCUT2D eigenvalue weighted by atomic mass is 32.1. The van der Waals surface area contributed by atoms with Crippen molar-refractivity contribution in [3.8, 4) is 0 Å². The smallest absolute Gasteiger partial charge is 0.347 e. The van der Waals surface area contributed by atoms with Gasteiger partial charge in [-0.3, -0.25) is 29.5 Å². The molecule has 1 atom stereocenters. The molecular formula is C23H29N5O7S. The third kappa shape index (κ3) is 6.02. The Hall–Kier alpha value is -3.45. The molecule has 13 heteroatoms. The first kappa shape index (κ1) is 27.1. The van der Waals surface area contributed by atoms with Crippen molar-refractivity contribution >= 4 is 53.0 Å². The minimum absolute atomic E-state index is 0.0708. The van der Waals surface area contributed by atoms with Crippen LogP contribution in [0.15, 0.2) is 10.4 Å². The minimum atomic E-state index is -1.35. The van der Waals surface area contributed by atoms with Crippen LogP contribution >= 0.6 is 11.3 Å². The largest absolute Gasteiger partial charge is 0.477 e. The zero-order valence-corrected chi connectivity index (χ0v) is 20.7. The van der Waals surface area contributed by atoms with Gasteiger partial charge in [-0.1, -0.05) is 12.8 Å². The molecule has 1 aromatic heterocycles. The third-order valence-electron chi connectivity index (χ3n) is 6.24. The van der Waals surface area contributed by atoms with E-state index < -0.39 is 35.6 Å². The molecule has 1 aliphatic heterocycles. The van der Waals surface area contributed by atoms with E-state index in [0.29, 0.717) is 38.4 Å². The van der Waals surface area contributed by atoms with Gasteiger partial charge in [0.2, 0.25) is 5.91 Å². The highest BCUT2D eigenvalue weighted by Gasteiger charge is 2.42. The van der Waals surface area contributed by atoms with E-state index in [9.17, 15) is 24.0 Å². The number of likely N-dealkylation sites (tertiary alicyclic amines) is 1. The molecule has 0 unspecified atom stereocenters. The molecule has 2 aliphatic rings. The Kier molecular flexibility index (Phi) is 9.04. The number of amides is 3. The molecule has 1 aliphatic carbocycles. The first-order valence-corrected chi connectivity index (χ1v) is 12.5. The molecule has 12 nitrogen and oxygen atoms in total. The Morgan fingerprint density at radius 1 is 1.25 bits per heavy atom. The van der Waals surface area contributed by atoms with Crippen LogP contribution in [0.4, 0.5) is 0 Å². The van der Waals surface area contributed by atoms with Gasteiger partial charge in [-0.15, -0.1) is 11.3 Å². The summed E-state index contributed by atoms with van der Waals surface area (Å²) in [7, 11) is 0.